The van der Waals surface area contributed by atoms with Gasteiger partial charge in [0.05, 0.1) is 0 Å². The second-order valence-corrected chi connectivity index (χ2v) is 5.04. The second-order valence-electron chi connectivity index (χ2n) is 5.04. The number of hydrogen-bond donors (Lipinski definition) is 2. The van der Waals surface area contributed by atoms with Crippen LogP contribution in [0.25, 0.3) is 0 Å². The summed E-state index contributed by atoms with van der Waals surface area (Å²) in [6, 6.07) is 0. The first-order chi connectivity index (χ1) is 7.54. The van der Waals surface area contributed by atoms with Crippen LogP contribution in [0.3, 0.4) is 0 Å². The van der Waals surface area contributed by atoms with Crippen molar-refractivity contribution in [2.75, 3.05) is 6.54 Å². The lowest BCUT2D eigenvalue weighted by atomic mass is 9.68. The highest BCUT2D eigenvalue weighted by atomic mass is 16.4. The molecule has 0 radical (unpaired) electrons. The Morgan fingerprint density at radius 3 is 2.81 bits per heavy atom. The van der Waals surface area contributed by atoms with Crippen molar-refractivity contribution in [1.82, 2.24) is 5.32 Å². The highest BCUT2D eigenvalue weighted by Gasteiger charge is 2.47. The summed E-state index contributed by atoms with van der Waals surface area (Å²) >= 11 is 0. The van der Waals surface area contributed by atoms with Crippen LogP contribution in [-0.2, 0) is 4.79 Å². The Balaban J connectivity index is 2.92. The smallest absolute Gasteiger partial charge is 0.324 e. The van der Waals surface area contributed by atoms with Gasteiger partial charge in [-0.25, -0.2) is 0 Å². The summed E-state index contributed by atoms with van der Waals surface area (Å²) in [7, 11) is 0. The quantitative estimate of drug-likeness (QED) is 0.706. The number of carboxylic acids is 1. The highest BCUT2D eigenvalue weighted by Crippen LogP contribution is 2.38. The van der Waals surface area contributed by atoms with Crippen molar-refractivity contribution >= 4 is 5.97 Å². The summed E-state index contributed by atoms with van der Waals surface area (Å²) in [5.74, 6) is -0.0832. The zero-order valence-electron chi connectivity index (χ0n) is 10.3. The van der Waals surface area contributed by atoms with E-state index in [1.807, 2.05) is 0 Å². The Labute approximate surface area is 97.9 Å². The van der Waals surface area contributed by atoms with Crippen LogP contribution in [0.2, 0.25) is 0 Å². The monoisotopic (exact) mass is 225 g/mol. The molecule has 1 saturated carbocycles. The van der Waals surface area contributed by atoms with Crippen LogP contribution in [0.4, 0.5) is 0 Å². The van der Waals surface area contributed by atoms with E-state index in [-0.39, 0.29) is 5.92 Å². The molecule has 1 fully saturated rings. The van der Waals surface area contributed by atoms with Crippen molar-refractivity contribution in [3.05, 3.63) is 12.7 Å². The molecule has 0 saturated heterocycles. The third-order valence-corrected chi connectivity index (χ3v) is 3.72. The van der Waals surface area contributed by atoms with Gasteiger partial charge >= 0.3 is 5.97 Å². The minimum Gasteiger partial charge on any atom is -0.480 e. The third kappa shape index (κ3) is 2.46. The summed E-state index contributed by atoms with van der Waals surface area (Å²) < 4.78 is 0. The summed E-state index contributed by atoms with van der Waals surface area (Å²) in [4.78, 5) is 11.6. The lowest BCUT2D eigenvalue weighted by Crippen LogP contribution is -2.60. The average molecular weight is 225 g/mol. The molecule has 0 spiro atoms. The van der Waals surface area contributed by atoms with Crippen molar-refractivity contribution in [1.29, 1.82) is 0 Å². The summed E-state index contributed by atoms with van der Waals surface area (Å²) in [6.07, 6.45) is 5.62. The molecule has 16 heavy (non-hydrogen) atoms. The van der Waals surface area contributed by atoms with Crippen molar-refractivity contribution < 1.29 is 9.90 Å². The lowest BCUT2D eigenvalue weighted by molar-refractivity contribution is -0.150. The molecule has 0 aliphatic heterocycles. The molecule has 0 amide bonds. The van der Waals surface area contributed by atoms with E-state index in [1.165, 1.54) is 0 Å². The predicted octanol–water partition coefficient (Wildman–Crippen LogP) is 2.43. The minimum atomic E-state index is -0.736. The molecule has 2 unspecified atom stereocenters. The van der Waals surface area contributed by atoms with Gasteiger partial charge in [-0.3, -0.25) is 10.1 Å². The molecule has 1 aliphatic carbocycles. The molecule has 0 bridgehead atoms. The van der Waals surface area contributed by atoms with E-state index in [0.29, 0.717) is 12.5 Å². The molecule has 0 aromatic carbocycles. The standard InChI is InChI=1S/C13H23NO2/c1-4-9-14-13(12(15)16)8-6-5-7-11(13)10(2)3/h4,10-11,14H,1,5-9H2,2-3H3,(H,15,16). The van der Waals surface area contributed by atoms with Gasteiger partial charge < -0.3 is 5.11 Å². The highest BCUT2D eigenvalue weighted by molar-refractivity contribution is 5.79. The van der Waals surface area contributed by atoms with Gasteiger partial charge in [0.1, 0.15) is 5.54 Å². The van der Waals surface area contributed by atoms with Gasteiger partial charge in [0, 0.05) is 6.54 Å². The fourth-order valence-electron chi connectivity index (χ4n) is 2.92. The molecule has 3 heteroatoms. The lowest BCUT2D eigenvalue weighted by Gasteiger charge is -2.43. The predicted molar refractivity (Wildman–Crippen MR) is 65.4 cm³/mol. The molecule has 2 atom stereocenters. The van der Waals surface area contributed by atoms with Crippen LogP contribution in [0, 0.1) is 11.8 Å². The van der Waals surface area contributed by atoms with Gasteiger partial charge in [-0.1, -0.05) is 32.8 Å². The number of carbonyl (C=O) groups is 1. The Bertz CT molecular complexity index is 263. The van der Waals surface area contributed by atoms with Gasteiger partial charge in [-0.15, -0.1) is 6.58 Å². The number of hydrogen-bond acceptors (Lipinski definition) is 2. The molecule has 0 aromatic rings. The van der Waals surface area contributed by atoms with E-state index < -0.39 is 11.5 Å². The second kappa shape index (κ2) is 5.48. The van der Waals surface area contributed by atoms with Crippen molar-refractivity contribution in [3.8, 4) is 0 Å². The number of rotatable bonds is 5. The summed E-state index contributed by atoms with van der Waals surface area (Å²) in [5, 5.41) is 12.7. The zero-order valence-corrected chi connectivity index (χ0v) is 10.3. The third-order valence-electron chi connectivity index (χ3n) is 3.72. The number of carboxylic acid groups (broad SMARTS) is 1. The van der Waals surface area contributed by atoms with E-state index in [2.05, 4.69) is 25.7 Å². The van der Waals surface area contributed by atoms with Gasteiger partial charge in [-0.05, 0) is 24.7 Å². The van der Waals surface area contributed by atoms with Gasteiger partial charge in [0.15, 0.2) is 0 Å². The van der Waals surface area contributed by atoms with Crippen molar-refractivity contribution in [3.63, 3.8) is 0 Å². The van der Waals surface area contributed by atoms with Crippen LogP contribution in [-0.4, -0.2) is 23.2 Å². The maximum atomic E-state index is 11.6. The average Bonchev–Trinajstić information content (AvgIpc) is 2.26. The van der Waals surface area contributed by atoms with Crippen LogP contribution in [0.1, 0.15) is 39.5 Å². The largest absolute Gasteiger partial charge is 0.480 e. The Hall–Kier alpha value is -0.830. The Kier molecular flexibility index (Phi) is 4.54. The van der Waals surface area contributed by atoms with Gasteiger partial charge in [0.2, 0.25) is 0 Å². The summed E-state index contributed by atoms with van der Waals surface area (Å²) in [5.41, 5.74) is -0.736. The van der Waals surface area contributed by atoms with E-state index >= 15 is 0 Å². The molecule has 92 valence electrons. The van der Waals surface area contributed by atoms with Crippen molar-refractivity contribution in [2.45, 2.75) is 45.1 Å². The minimum absolute atomic E-state index is 0.221. The molecule has 0 aromatic heterocycles. The van der Waals surface area contributed by atoms with Gasteiger partial charge in [-0.2, -0.15) is 0 Å². The molecular weight excluding hydrogens is 202 g/mol. The van der Waals surface area contributed by atoms with E-state index in [9.17, 15) is 9.90 Å². The summed E-state index contributed by atoms with van der Waals surface area (Å²) in [6.45, 7) is 8.44. The zero-order chi connectivity index (χ0) is 12.2. The van der Waals surface area contributed by atoms with Crippen LogP contribution >= 0.6 is 0 Å². The van der Waals surface area contributed by atoms with Crippen LogP contribution < -0.4 is 5.32 Å². The van der Waals surface area contributed by atoms with E-state index in [0.717, 1.165) is 25.7 Å². The fraction of sp³-hybridized carbons (Fsp3) is 0.769. The fourth-order valence-corrected chi connectivity index (χ4v) is 2.92. The first-order valence-corrected chi connectivity index (χ1v) is 6.14. The van der Waals surface area contributed by atoms with Crippen LogP contribution in [0.5, 0.6) is 0 Å². The SMILES string of the molecule is C=CCNC1(C(=O)O)CCCCC1C(C)C. The first-order valence-electron chi connectivity index (χ1n) is 6.14. The maximum Gasteiger partial charge on any atom is 0.324 e. The maximum absolute atomic E-state index is 11.6. The normalized spacial score (nSPS) is 30.3. The van der Waals surface area contributed by atoms with Gasteiger partial charge in [0.25, 0.3) is 0 Å². The van der Waals surface area contributed by atoms with E-state index in [4.69, 9.17) is 0 Å². The number of nitrogens with one attached hydrogen (secondary N) is 1. The molecule has 2 N–H and O–H groups in total. The Morgan fingerprint density at radius 2 is 2.31 bits per heavy atom. The molecule has 1 rings (SSSR count). The molecule has 1 aliphatic rings. The Morgan fingerprint density at radius 1 is 1.62 bits per heavy atom. The number of aliphatic carboxylic acids is 1. The molecule has 3 nitrogen and oxygen atoms in total. The topological polar surface area (TPSA) is 49.3 Å². The van der Waals surface area contributed by atoms with Crippen molar-refractivity contribution in [2.24, 2.45) is 11.8 Å². The van der Waals surface area contributed by atoms with Crippen LogP contribution in [0.15, 0.2) is 12.7 Å². The molecule has 0 heterocycles. The molecular formula is C13H23NO2. The van der Waals surface area contributed by atoms with E-state index in [1.54, 1.807) is 6.08 Å². The first kappa shape index (κ1) is 13.2.